The first-order valence-corrected chi connectivity index (χ1v) is 9.49. The van der Waals surface area contributed by atoms with E-state index >= 15 is 0 Å². The summed E-state index contributed by atoms with van der Waals surface area (Å²) in [7, 11) is 0. The van der Waals surface area contributed by atoms with Crippen LogP contribution in [0.15, 0.2) is 48.5 Å². The van der Waals surface area contributed by atoms with E-state index in [-0.39, 0.29) is 18.2 Å². The molecule has 0 aliphatic rings. The first kappa shape index (κ1) is 23.3. The van der Waals surface area contributed by atoms with Gasteiger partial charge in [-0.05, 0) is 35.4 Å². The summed E-state index contributed by atoms with van der Waals surface area (Å²) in [6.45, 7) is 3.02. The van der Waals surface area contributed by atoms with Gasteiger partial charge in [-0.2, -0.15) is 13.2 Å². The van der Waals surface area contributed by atoms with Crippen molar-refractivity contribution in [3.8, 4) is 11.5 Å². The van der Waals surface area contributed by atoms with E-state index in [2.05, 4.69) is 0 Å². The molecule has 2 aromatic rings. The smallest absolute Gasteiger partial charge is 0.423 e. The molecule has 0 aliphatic heterocycles. The van der Waals surface area contributed by atoms with Crippen LogP contribution in [0.2, 0.25) is 0 Å². The summed E-state index contributed by atoms with van der Waals surface area (Å²) in [5.41, 5.74) is 1.49. The number of hydrogen-bond donors (Lipinski definition) is 1. The van der Waals surface area contributed by atoms with Crippen LogP contribution >= 0.6 is 11.6 Å². The lowest BCUT2D eigenvalue weighted by molar-refractivity contribution is -0.187. The zero-order valence-corrected chi connectivity index (χ0v) is 16.8. The second-order valence-electron chi connectivity index (χ2n) is 7.11. The standard InChI is InChI=1S/C21H23ClF4O3/c1-20(2,14-3-7-17(8-4-14)28-12-16(27)11-22)15-5-9-18(10-6-15)29-13-19(23)21(24,25)26/h3-10,16,19,27H,11-13H2,1-2H3/t16-,19+/m1/s1. The van der Waals surface area contributed by atoms with Crippen molar-refractivity contribution in [1.82, 2.24) is 0 Å². The van der Waals surface area contributed by atoms with Gasteiger partial charge in [-0.15, -0.1) is 11.6 Å². The van der Waals surface area contributed by atoms with Crippen LogP contribution in [0.1, 0.15) is 25.0 Å². The van der Waals surface area contributed by atoms with Gasteiger partial charge in [0.1, 0.15) is 30.8 Å². The summed E-state index contributed by atoms with van der Waals surface area (Å²) in [5, 5.41) is 9.44. The Morgan fingerprint density at radius 2 is 1.28 bits per heavy atom. The molecule has 2 atom stereocenters. The van der Waals surface area contributed by atoms with Gasteiger partial charge in [-0.1, -0.05) is 38.1 Å². The fourth-order valence-corrected chi connectivity index (χ4v) is 2.69. The molecule has 0 radical (unpaired) electrons. The number of aliphatic hydroxyl groups excluding tert-OH is 1. The van der Waals surface area contributed by atoms with E-state index < -0.39 is 30.5 Å². The third-order valence-electron chi connectivity index (χ3n) is 4.52. The van der Waals surface area contributed by atoms with Gasteiger partial charge in [0, 0.05) is 5.41 Å². The summed E-state index contributed by atoms with van der Waals surface area (Å²) < 4.78 is 59.9. The average molecular weight is 435 g/mol. The molecule has 3 nitrogen and oxygen atoms in total. The second-order valence-corrected chi connectivity index (χ2v) is 7.42. The van der Waals surface area contributed by atoms with Gasteiger partial charge in [0.25, 0.3) is 0 Å². The van der Waals surface area contributed by atoms with Gasteiger partial charge in [0.15, 0.2) is 0 Å². The van der Waals surface area contributed by atoms with Crippen molar-refractivity contribution in [1.29, 1.82) is 0 Å². The minimum absolute atomic E-state index is 0.0903. The van der Waals surface area contributed by atoms with Crippen LogP contribution in [-0.4, -0.2) is 42.7 Å². The number of hydrogen-bond acceptors (Lipinski definition) is 3. The molecule has 160 valence electrons. The Morgan fingerprint density at radius 3 is 1.66 bits per heavy atom. The summed E-state index contributed by atoms with van der Waals surface area (Å²) in [4.78, 5) is 0. The Balaban J connectivity index is 2.03. The van der Waals surface area contributed by atoms with Crippen molar-refractivity contribution in [3.63, 3.8) is 0 Å². The molecule has 0 heterocycles. The lowest BCUT2D eigenvalue weighted by atomic mass is 9.78. The van der Waals surface area contributed by atoms with Crippen LogP contribution < -0.4 is 9.47 Å². The molecule has 0 spiro atoms. The lowest BCUT2D eigenvalue weighted by Crippen LogP contribution is -2.30. The van der Waals surface area contributed by atoms with E-state index in [1.54, 1.807) is 24.3 Å². The number of aliphatic hydroxyl groups is 1. The molecule has 2 rings (SSSR count). The molecule has 0 saturated carbocycles. The Kier molecular flexibility index (Phi) is 7.77. The molecule has 0 saturated heterocycles. The zero-order valence-electron chi connectivity index (χ0n) is 16.0. The van der Waals surface area contributed by atoms with Crippen molar-refractivity contribution in [2.75, 3.05) is 19.1 Å². The monoisotopic (exact) mass is 434 g/mol. The Morgan fingerprint density at radius 1 is 0.862 bits per heavy atom. The molecule has 0 bridgehead atoms. The van der Waals surface area contributed by atoms with Crippen molar-refractivity contribution < 1.29 is 32.1 Å². The maximum absolute atomic E-state index is 13.0. The topological polar surface area (TPSA) is 38.7 Å². The highest BCUT2D eigenvalue weighted by Gasteiger charge is 2.40. The van der Waals surface area contributed by atoms with Crippen molar-refractivity contribution in [2.24, 2.45) is 0 Å². The van der Waals surface area contributed by atoms with E-state index in [0.717, 1.165) is 11.1 Å². The molecule has 1 N–H and O–H groups in total. The molecular formula is C21H23ClF4O3. The van der Waals surface area contributed by atoms with E-state index in [4.69, 9.17) is 21.1 Å². The number of rotatable bonds is 9. The third kappa shape index (κ3) is 6.51. The summed E-state index contributed by atoms with van der Waals surface area (Å²) in [6.07, 6.45) is -8.69. The molecule has 8 heteroatoms. The fraction of sp³-hybridized carbons (Fsp3) is 0.429. The Bertz CT molecular complexity index is 761. The van der Waals surface area contributed by atoms with Crippen LogP contribution in [0.5, 0.6) is 11.5 Å². The molecule has 0 fully saturated rings. The maximum atomic E-state index is 13.0. The number of alkyl halides is 5. The fourth-order valence-electron chi connectivity index (χ4n) is 2.60. The van der Waals surface area contributed by atoms with Gasteiger partial charge in [0.2, 0.25) is 6.17 Å². The van der Waals surface area contributed by atoms with E-state index in [0.29, 0.717) is 5.75 Å². The van der Waals surface area contributed by atoms with Crippen molar-refractivity contribution in [3.05, 3.63) is 59.7 Å². The van der Waals surface area contributed by atoms with Gasteiger partial charge in [-0.25, -0.2) is 4.39 Å². The molecule has 0 amide bonds. The van der Waals surface area contributed by atoms with E-state index in [9.17, 15) is 22.7 Å². The van der Waals surface area contributed by atoms with Crippen LogP contribution in [0.3, 0.4) is 0 Å². The minimum atomic E-state index is -4.93. The predicted molar refractivity (Wildman–Crippen MR) is 104 cm³/mol. The number of benzene rings is 2. The Labute approximate surface area is 172 Å². The van der Waals surface area contributed by atoms with Crippen LogP contribution in [0, 0.1) is 0 Å². The normalized spacial score (nSPS) is 14.3. The third-order valence-corrected chi connectivity index (χ3v) is 4.88. The quantitative estimate of drug-likeness (QED) is 0.431. The highest BCUT2D eigenvalue weighted by Crippen LogP contribution is 2.33. The van der Waals surface area contributed by atoms with Crippen LogP contribution in [0.4, 0.5) is 17.6 Å². The summed E-state index contributed by atoms with van der Waals surface area (Å²) >= 11 is 5.53. The lowest BCUT2D eigenvalue weighted by Gasteiger charge is -2.26. The van der Waals surface area contributed by atoms with Crippen LogP contribution in [0.25, 0.3) is 0 Å². The van der Waals surface area contributed by atoms with Crippen LogP contribution in [-0.2, 0) is 5.41 Å². The van der Waals surface area contributed by atoms with Gasteiger partial charge in [0.05, 0.1) is 5.88 Å². The second kappa shape index (κ2) is 9.67. The molecule has 2 aromatic carbocycles. The first-order chi connectivity index (χ1) is 13.5. The number of halogens is 5. The van der Waals surface area contributed by atoms with Crippen molar-refractivity contribution >= 4 is 11.6 Å². The average Bonchev–Trinajstić information content (AvgIpc) is 2.70. The summed E-state index contributed by atoms with van der Waals surface area (Å²) in [5.74, 6) is 0.855. The van der Waals surface area contributed by atoms with E-state index in [1.165, 1.54) is 12.1 Å². The molecule has 0 aliphatic carbocycles. The van der Waals surface area contributed by atoms with Gasteiger partial charge < -0.3 is 14.6 Å². The maximum Gasteiger partial charge on any atom is 0.423 e. The Hall–Kier alpha value is -1.99. The van der Waals surface area contributed by atoms with Crippen molar-refractivity contribution in [2.45, 2.75) is 37.7 Å². The molecule has 0 aromatic heterocycles. The summed E-state index contributed by atoms with van der Waals surface area (Å²) in [6, 6.07) is 13.9. The molecular weight excluding hydrogens is 412 g/mol. The zero-order chi connectivity index (χ0) is 21.7. The highest BCUT2D eigenvalue weighted by molar-refractivity contribution is 6.18. The largest absolute Gasteiger partial charge is 0.491 e. The minimum Gasteiger partial charge on any atom is -0.491 e. The first-order valence-electron chi connectivity index (χ1n) is 8.95. The highest BCUT2D eigenvalue weighted by atomic mass is 35.5. The van der Waals surface area contributed by atoms with Gasteiger partial charge >= 0.3 is 6.18 Å². The predicted octanol–water partition coefficient (Wildman–Crippen LogP) is 5.27. The molecule has 29 heavy (non-hydrogen) atoms. The number of ether oxygens (including phenoxy) is 2. The SMILES string of the molecule is CC(C)(c1ccc(OC[C@H](O)CCl)cc1)c1ccc(OC[C@H](F)C(F)(F)F)cc1. The van der Waals surface area contributed by atoms with Gasteiger partial charge in [-0.3, -0.25) is 0 Å². The van der Waals surface area contributed by atoms with E-state index in [1.807, 2.05) is 26.0 Å². The molecule has 0 unspecified atom stereocenters.